The van der Waals surface area contributed by atoms with Crippen LogP contribution >= 0.6 is 0 Å². The fourth-order valence-electron chi connectivity index (χ4n) is 1.64. The molecule has 6 nitrogen and oxygen atoms in total. The minimum Gasteiger partial charge on any atom is -0.465 e. The molecule has 0 rings (SSSR count). The van der Waals surface area contributed by atoms with Crippen molar-refractivity contribution in [3.8, 4) is 0 Å². The van der Waals surface area contributed by atoms with Crippen LogP contribution in [0.3, 0.4) is 0 Å². The molecule has 0 spiro atoms. The Bertz CT molecular complexity index is 400. The molecule has 0 saturated carbocycles. The maximum Gasteiger partial charge on any atom is 0.319 e. The summed E-state index contributed by atoms with van der Waals surface area (Å²) in [6.45, 7) is 4.86. The summed E-state index contributed by atoms with van der Waals surface area (Å²) in [4.78, 5) is 23.6. The van der Waals surface area contributed by atoms with Gasteiger partial charge in [-0.2, -0.15) is 8.42 Å². The summed E-state index contributed by atoms with van der Waals surface area (Å²) in [7, 11) is -4.08. The Hall–Kier alpha value is -0.950. The van der Waals surface area contributed by atoms with Crippen molar-refractivity contribution in [2.75, 3.05) is 12.4 Å². The molecule has 0 aliphatic heterocycles. The molecular formula is C11H20O6S. The van der Waals surface area contributed by atoms with Crippen LogP contribution in [0, 0.1) is 5.41 Å². The van der Waals surface area contributed by atoms with E-state index >= 15 is 0 Å². The third-order valence-electron chi connectivity index (χ3n) is 2.74. The van der Waals surface area contributed by atoms with E-state index in [1.54, 1.807) is 13.8 Å². The van der Waals surface area contributed by atoms with Crippen LogP contribution < -0.4 is 0 Å². The lowest BCUT2D eigenvalue weighted by Crippen LogP contribution is -2.38. The highest BCUT2D eigenvalue weighted by molar-refractivity contribution is 7.85. The zero-order valence-corrected chi connectivity index (χ0v) is 11.7. The topological polar surface area (TPSA) is 97.7 Å². The molecule has 0 bridgehead atoms. The Morgan fingerprint density at radius 1 is 1.28 bits per heavy atom. The van der Waals surface area contributed by atoms with Gasteiger partial charge in [-0.25, -0.2) is 0 Å². The normalized spacial score (nSPS) is 14.9. The summed E-state index contributed by atoms with van der Waals surface area (Å²) in [5, 5.41) is 0. The van der Waals surface area contributed by atoms with Gasteiger partial charge in [-0.05, 0) is 26.7 Å². The summed E-state index contributed by atoms with van der Waals surface area (Å²) in [5.74, 6) is -1.41. The first kappa shape index (κ1) is 17.1. The standard InChI is InChI=1S/C11H20O6S/c1-4-9(12)11(3,10(13)17-5-2)7-6-8-18(14,15)16/h4-8H2,1-3H3,(H,14,15,16). The third kappa shape index (κ3) is 5.14. The molecule has 0 radical (unpaired) electrons. The van der Waals surface area contributed by atoms with Crippen LogP contribution in [0.5, 0.6) is 0 Å². The molecule has 0 aromatic heterocycles. The van der Waals surface area contributed by atoms with E-state index in [-0.39, 0.29) is 31.7 Å². The van der Waals surface area contributed by atoms with Crippen molar-refractivity contribution in [3.63, 3.8) is 0 Å². The molecule has 0 aromatic carbocycles. The van der Waals surface area contributed by atoms with Crippen molar-refractivity contribution in [1.29, 1.82) is 0 Å². The van der Waals surface area contributed by atoms with E-state index in [2.05, 4.69) is 0 Å². The molecule has 0 amide bonds. The van der Waals surface area contributed by atoms with Gasteiger partial charge in [0.1, 0.15) is 11.2 Å². The van der Waals surface area contributed by atoms with E-state index in [4.69, 9.17) is 9.29 Å². The Kier molecular flexibility index (Phi) is 6.48. The number of ketones is 1. The maximum absolute atomic E-state index is 11.8. The van der Waals surface area contributed by atoms with E-state index in [1.165, 1.54) is 6.92 Å². The van der Waals surface area contributed by atoms with Crippen molar-refractivity contribution in [3.05, 3.63) is 0 Å². The predicted molar refractivity (Wildman–Crippen MR) is 65.7 cm³/mol. The first-order valence-electron chi connectivity index (χ1n) is 5.83. The highest BCUT2D eigenvalue weighted by Crippen LogP contribution is 2.28. The summed E-state index contributed by atoms with van der Waals surface area (Å²) in [6, 6.07) is 0. The van der Waals surface area contributed by atoms with Gasteiger partial charge in [-0.15, -0.1) is 0 Å². The van der Waals surface area contributed by atoms with Gasteiger partial charge in [-0.1, -0.05) is 6.92 Å². The highest BCUT2D eigenvalue weighted by Gasteiger charge is 2.40. The third-order valence-corrected chi connectivity index (χ3v) is 3.55. The van der Waals surface area contributed by atoms with Gasteiger partial charge in [0.2, 0.25) is 0 Å². The molecule has 1 N–H and O–H groups in total. The number of carbonyl (C=O) groups excluding carboxylic acids is 2. The van der Waals surface area contributed by atoms with Crippen molar-refractivity contribution >= 4 is 21.9 Å². The Morgan fingerprint density at radius 2 is 1.83 bits per heavy atom. The molecule has 0 aliphatic rings. The lowest BCUT2D eigenvalue weighted by molar-refractivity contribution is -0.159. The summed E-state index contributed by atoms with van der Waals surface area (Å²) in [6.07, 6.45) is 0.235. The van der Waals surface area contributed by atoms with Crippen LogP contribution in [-0.4, -0.2) is 37.1 Å². The number of hydrogen-bond acceptors (Lipinski definition) is 5. The molecule has 106 valence electrons. The van der Waals surface area contributed by atoms with Crippen LogP contribution in [0.15, 0.2) is 0 Å². The van der Waals surface area contributed by atoms with E-state index in [9.17, 15) is 18.0 Å². The Labute approximate surface area is 107 Å². The molecule has 18 heavy (non-hydrogen) atoms. The van der Waals surface area contributed by atoms with Gasteiger partial charge in [0.15, 0.2) is 0 Å². The van der Waals surface area contributed by atoms with Gasteiger partial charge in [0, 0.05) is 6.42 Å². The maximum atomic E-state index is 11.8. The summed E-state index contributed by atoms with van der Waals surface area (Å²) >= 11 is 0. The molecular weight excluding hydrogens is 260 g/mol. The van der Waals surface area contributed by atoms with Crippen LogP contribution in [0.2, 0.25) is 0 Å². The number of carbonyl (C=O) groups is 2. The molecule has 0 fully saturated rings. The minimum atomic E-state index is -4.08. The molecule has 0 aliphatic carbocycles. The van der Waals surface area contributed by atoms with Crippen molar-refractivity contribution in [2.45, 2.75) is 40.0 Å². The quantitative estimate of drug-likeness (QED) is 0.407. The van der Waals surface area contributed by atoms with Crippen LogP contribution in [-0.2, 0) is 24.4 Å². The lowest BCUT2D eigenvalue weighted by atomic mass is 9.80. The first-order chi connectivity index (χ1) is 8.17. The fraction of sp³-hybridized carbons (Fsp3) is 0.818. The first-order valence-corrected chi connectivity index (χ1v) is 7.44. The monoisotopic (exact) mass is 280 g/mol. The zero-order valence-electron chi connectivity index (χ0n) is 10.9. The van der Waals surface area contributed by atoms with Gasteiger partial charge in [-0.3, -0.25) is 14.1 Å². The molecule has 0 aromatic rings. The second-order valence-electron chi connectivity index (χ2n) is 4.22. The van der Waals surface area contributed by atoms with Gasteiger partial charge in [0.25, 0.3) is 10.1 Å². The average Bonchev–Trinajstić information content (AvgIpc) is 2.26. The Balaban J connectivity index is 4.79. The number of hydrogen-bond donors (Lipinski definition) is 1. The van der Waals surface area contributed by atoms with E-state index in [0.717, 1.165) is 0 Å². The summed E-state index contributed by atoms with van der Waals surface area (Å²) in [5.41, 5.74) is -1.34. The fourth-order valence-corrected chi connectivity index (χ4v) is 2.15. The zero-order chi connectivity index (χ0) is 14.4. The van der Waals surface area contributed by atoms with Crippen molar-refractivity contribution in [2.24, 2.45) is 5.41 Å². The summed E-state index contributed by atoms with van der Waals surface area (Å²) < 4.78 is 34.7. The second kappa shape index (κ2) is 6.84. The molecule has 1 atom stereocenters. The molecule has 0 heterocycles. The second-order valence-corrected chi connectivity index (χ2v) is 5.79. The smallest absolute Gasteiger partial charge is 0.319 e. The van der Waals surface area contributed by atoms with Crippen molar-refractivity contribution < 1.29 is 27.3 Å². The van der Waals surface area contributed by atoms with Crippen molar-refractivity contribution in [1.82, 2.24) is 0 Å². The predicted octanol–water partition coefficient (Wildman–Crippen LogP) is 1.20. The van der Waals surface area contributed by atoms with E-state index in [0.29, 0.717) is 0 Å². The van der Waals surface area contributed by atoms with Crippen LogP contribution in [0.25, 0.3) is 0 Å². The van der Waals surface area contributed by atoms with E-state index in [1.807, 2.05) is 0 Å². The molecule has 1 unspecified atom stereocenters. The molecule has 0 saturated heterocycles. The SMILES string of the molecule is CCOC(=O)C(C)(CCCS(=O)(=O)O)C(=O)CC. The number of Topliss-reactive ketones (excluding diaryl/α,β-unsaturated/α-hetero) is 1. The van der Waals surface area contributed by atoms with Crippen LogP contribution in [0.1, 0.15) is 40.0 Å². The number of rotatable bonds is 8. The van der Waals surface area contributed by atoms with Gasteiger partial charge in [0.05, 0.1) is 12.4 Å². The number of esters is 1. The van der Waals surface area contributed by atoms with E-state index < -0.39 is 27.3 Å². The molecule has 7 heteroatoms. The minimum absolute atomic E-state index is 0.0277. The Morgan fingerprint density at radius 3 is 2.22 bits per heavy atom. The average molecular weight is 280 g/mol. The van der Waals surface area contributed by atoms with Gasteiger partial charge < -0.3 is 4.74 Å². The largest absolute Gasteiger partial charge is 0.465 e. The lowest BCUT2D eigenvalue weighted by Gasteiger charge is -2.25. The highest BCUT2D eigenvalue weighted by atomic mass is 32.2. The number of ether oxygens (including phenoxy) is 1. The van der Waals surface area contributed by atoms with Crippen LogP contribution in [0.4, 0.5) is 0 Å². The van der Waals surface area contributed by atoms with Gasteiger partial charge >= 0.3 is 5.97 Å².